The van der Waals surface area contributed by atoms with Gasteiger partial charge in [-0.1, -0.05) is 26.2 Å². The maximum absolute atomic E-state index is 6.20. The molecule has 1 heterocycles. The molecule has 3 heteroatoms. The van der Waals surface area contributed by atoms with Gasteiger partial charge in [-0.15, -0.1) is 0 Å². The first-order valence-electron chi connectivity index (χ1n) is 8.25. The number of hydrogen-bond donors (Lipinski definition) is 1. The molecule has 1 spiro atoms. The van der Waals surface area contributed by atoms with Crippen molar-refractivity contribution in [3.63, 3.8) is 0 Å². The van der Waals surface area contributed by atoms with Crippen molar-refractivity contribution in [1.29, 1.82) is 0 Å². The first-order chi connectivity index (χ1) is 9.29. The molecule has 1 aliphatic carbocycles. The third kappa shape index (κ3) is 4.17. The van der Waals surface area contributed by atoms with Crippen LogP contribution in [0.4, 0.5) is 0 Å². The van der Waals surface area contributed by atoms with E-state index in [0.29, 0.717) is 6.04 Å². The third-order valence-electron chi connectivity index (χ3n) is 4.83. The van der Waals surface area contributed by atoms with Crippen molar-refractivity contribution in [3.05, 3.63) is 0 Å². The van der Waals surface area contributed by atoms with Gasteiger partial charge in [-0.05, 0) is 45.1 Å². The molecular formula is C16H31NO2. The van der Waals surface area contributed by atoms with Gasteiger partial charge in [0.1, 0.15) is 0 Å². The average molecular weight is 269 g/mol. The van der Waals surface area contributed by atoms with Gasteiger partial charge < -0.3 is 14.8 Å². The van der Waals surface area contributed by atoms with E-state index in [1.807, 2.05) is 0 Å². The predicted molar refractivity (Wildman–Crippen MR) is 78.4 cm³/mol. The van der Waals surface area contributed by atoms with Crippen molar-refractivity contribution < 1.29 is 9.47 Å². The monoisotopic (exact) mass is 269 g/mol. The molecular weight excluding hydrogens is 238 g/mol. The van der Waals surface area contributed by atoms with E-state index in [-0.39, 0.29) is 5.60 Å². The van der Waals surface area contributed by atoms with E-state index in [1.165, 1.54) is 44.9 Å². The van der Waals surface area contributed by atoms with Crippen LogP contribution in [-0.2, 0) is 9.47 Å². The van der Waals surface area contributed by atoms with Crippen LogP contribution in [0.15, 0.2) is 0 Å². The molecule has 2 aliphatic rings. The summed E-state index contributed by atoms with van der Waals surface area (Å²) < 4.78 is 11.9. The van der Waals surface area contributed by atoms with Crippen molar-refractivity contribution in [2.24, 2.45) is 5.92 Å². The van der Waals surface area contributed by atoms with Crippen molar-refractivity contribution in [2.75, 3.05) is 26.4 Å². The summed E-state index contributed by atoms with van der Waals surface area (Å²) in [7, 11) is 0. The largest absolute Gasteiger partial charge is 0.380 e. The Kier molecular flexibility index (Phi) is 6.11. The first-order valence-corrected chi connectivity index (χ1v) is 8.25. The molecule has 3 nitrogen and oxygen atoms in total. The Morgan fingerprint density at radius 3 is 2.74 bits per heavy atom. The summed E-state index contributed by atoms with van der Waals surface area (Å²) >= 11 is 0. The van der Waals surface area contributed by atoms with Gasteiger partial charge in [0.15, 0.2) is 0 Å². The van der Waals surface area contributed by atoms with E-state index in [9.17, 15) is 0 Å². The first kappa shape index (κ1) is 15.3. The highest BCUT2D eigenvalue weighted by Gasteiger charge is 2.40. The molecule has 19 heavy (non-hydrogen) atoms. The van der Waals surface area contributed by atoms with Crippen LogP contribution in [0.25, 0.3) is 0 Å². The Morgan fingerprint density at radius 1 is 1.26 bits per heavy atom. The summed E-state index contributed by atoms with van der Waals surface area (Å²) in [5, 5.41) is 3.63. The van der Waals surface area contributed by atoms with Gasteiger partial charge in [-0.2, -0.15) is 0 Å². The summed E-state index contributed by atoms with van der Waals surface area (Å²) in [6.45, 7) is 7.91. The molecule has 112 valence electrons. The van der Waals surface area contributed by atoms with Gasteiger partial charge in [-0.3, -0.25) is 0 Å². The number of rotatable bonds is 6. The summed E-state index contributed by atoms with van der Waals surface area (Å²) in [5.41, 5.74) is 0.209. The Morgan fingerprint density at radius 2 is 2.05 bits per heavy atom. The molecule has 0 aromatic rings. The summed E-state index contributed by atoms with van der Waals surface area (Å²) in [6.07, 6.45) is 9.07. The lowest BCUT2D eigenvalue weighted by Gasteiger charge is -2.45. The molecule has 0 aromatic heterocycles. The second-order valence-electron chi connectivity index (χ2n) is 6.17. The van der Waals surface area contributed by atoms with Gasteiger partial charge in [0.25, 0.3) is 0 Å². The highest BCUT2D eigenvalue weighted by Crippen LogP contribution is 2.41. The van der Waals surface area contributed by atoms with Crippen molar-refractivity contribution >= 4 is 0 Å². The van der Waals surface area contributed by atoms with Crippen molar-refractivity contribution in [3.8, 4) is 0 Å². The fourth-order valence-electron chi connectivity index (χ4n) is 3.82. The standard InChI is InChI=1S/C16H31NO2/c1-3-17-15(13-18-4-2)14-8-11-19-16(12-14)9-6-5-7-10-16/h14-15,17H,3-13H2,1-2H3. The zero-order valence-corrected chi connectivity index (χ0v) is 12.7. The molecule has 0 radical (unpaired) electrons. The number of likely N-dealkylation sites (N-methyl/N-ethyl adjacent to an activating group) is 1. The molecule has 1 aliphatic heterocycles. The Bertz CT molecular complexity index is 246. The molecule has 0 bridgehead atoms. The Labute approximate surface area is 118 Å². The van der Waals surface area contributed by atoms with Crippen LogP contribution in [0.3, 0.4) is 0 Å². The van der Waals surface area contributed by atoms with Crippen LogP contribution in [0.1, 0.15) is 58.8 Å². The van der Waals surface area contributed by atoms with E-state index in [2.05, 4.69) is 19.2 Å². The number of hydrogen-bond acceptors (Lipinski definition) is 3. The Balaban J connectivity index is 1.93. The summed E-state index contributed by atoms with van der Waals surface area (Å²) in [5.74, 6) is 0.721. The van der Waals surface area contributed by atoms with Crippen LogP contribution < -0.4 is 5.32 Å². The van der Waals surface area contributed by atoms with Crippen LogP contribution in [0.2, 0.25) is 0 Å². The van der Waals surface area contributed by atoms with E-state index in [0.717, 1.165) is 32.3 Å². The SMILES string of the molecule is CCNC(COCC)C1CCOC2(CCCCC2)C1. The topological polar surface area (TPSA) is 30.5 Å². The molecule has 2 unspecified atom stereocenters. The predicted octanol–water partition coefficient (Wildman–Crippen LogP) is 3.13. The zero-order valence-electron chi connectivity index (χ0n) is 12.7. The fourth-order valence-corrected chi connectivity index (χ4v) is 3.82. The highest BCUT2D eigenvalue weighted by atomic mass is 16.5. The van der Waals surface area contributed by atoms with Gasteiger partial charge in [-0.25, -0.2) is 0 Å². The van der Waals surface area contributed by atoms with E-state index >= 15 is 0 Å². The minimum absolute atomic E-state index is 0.209. The Hall–Kier alpha value is -0.120. The quantitative estimate of drug-likeness (QED) is 0.803. The maximum atomic E-state index is 6.20. The van der Waals surface area contributed by atoms with Gasteiger partial charge >= 0.3 is 0 Å². The maximum Gasteiger partial charge on any atom is 0.0685 e. The lowest BCUT2D eigenvalue weighted by Crippen LogP contribution is -2.49. The van der Waals surface area contributed by atoms with Crippen LogP contribution in [-0.4, -0.2) is 38.0 Å². The molecule has 0 aromatic carbocycles. The van der Waals surface area contributed by atoms with Crippen LogP contribution >= 0.6 is 0 Å². The zero-order chi connectivity index (χ0) is 13.6. The summed E-state index contributed by atoms with van der Waals surface area (Å²) in [4.78, 5) is 0. The molecule has 1 saturated heterocycles. The third-order valence-corrected chi connectivity index (χ3v) is 4.83. The minimum Gasteiger partial charge on any atom is -0.380 e. The number of ether oxygens (including phenoxy) is 2. The van der Waals surface area contributed by atoms with E-state index < -0.39 is 0 Å². The lowest BCUT2D eigenvalue weighted by atomic mass is 9.74. The molecule has 1 saturated carbocycles. The van der Waals surface area contributed by atoms with Crippen molar-refractivity contribution in [1.82, 2.24) is 5.32 Å². The molecule has 1 N–H and O–H groups in total. The highest BCUT2D eigenvalue weighted by molar-refractivity contribution is 4.93. The second kappa shape index (κ2) is 7.61. The normalized spacial score (nSPS) is 28.4. The average Bonchev–Trinajstić information content (AvgIpc) is 2.44. The molecule has 0 amide bonds. The fraction of sp³-hybridized carbons (Fsp3) is 1.00. The van der Waals surface area contributed by atoms with Gasteiger partial charge in [0, 0.05) is 19.3 Å². The van der Waals surface area contributed by atoms with Gasteiger partial charge in [0.2, 0.25) is 0 Å². The van der Waals surface area contributed by atoms with E-state index in [4.69, 9.17) is 9.47 Å². The number of nitrogens with one attached hydrogen (secondary N) is 1. The molecule has 2 atom stereocenters. The second-order valence-corrected chi connectivity index (χ2v) is 6.17. The lowest BCUT2D eigenvalue weighted by molar-refractivity contribution is -0.124. The summed E-state index contributed by atoms with van der Waals surface area (Å²) in [6, 6.07) is 0.507. The molecule has 2 rings (SSSR count). The molecule has 2 fully saturated rings. The van der Waals surface area contributed by atoms with Crippen LogP contribution in [0, 0.1) is 5.92 Å². The van der Waals surface area contributed by atoms with Gasteiger partial charge in [0.05, 0.1) is 12.2 Å². The smallest absolute Gasteiger partial charge is 0.0685 e. The van der Waals surface area contributed by atoms with Crippen molar-refractivity contribution in [2.45, 2.75) is 70.4 Å². The van der Waals surface area contributed by atoms with E-state index in [1.54, 1.807) is 0 Å². The van der Waals surface area contributed by atoms with Crippen LogP contribution in [0.5, 0.6) is 0 Å². The minimum atomic E-state index is 0.209.